The zero-order valence-corrected chi connectivity index (χ0v) is 47.5. The zero-order chi connectivity index (χ0) is 58.5. The van der Waals surface area contributed by atoms with Crippen LogP contribution in [0.1, 0.15) is 110 Å². The first kappa shape index (κ1) is 67.3. The predicted octanol–water partition coefficient (Wildman–Crippen LogP) is 0.502. The molecule has 28 heteroatoms. The number of sulfonamides is 3. The van der Waals surface area contributed by atoms with Gasteiger partial charge in [0.25, 0.3) is 17.7 Å². The van der Waals surface area contributed by atoms with Crippen LogP contribution in [0.4, 0.5) is 0 Å². The van der Waals surface area contributed by atoms with Crippen LogP contribution < -0.4 is 52.6 Å². The van der Waals surface area contributed by atoms with E-state index in [1.807, 2.05) is 0 Å². The molecule has 0 saturated carbocycles. The van der Waals surface area contributed by atoms with Crippen LogP contribution in [-0.2, 0) is 58.7 Å². The lowest BCUT2D eigenvalue weighted by atomic mass is 9.90. The summed E-state index contributed by atoms with van der Waals surface area (Å²) in [5.41, 5.74) is -0.495. The molecule has 0 aromatic heterocycles. The normalized spacial score (nSPS) is 12.1. The Morgan fingerprint density at radius 3 is 1.10 bits per heavy atom. The van der Waals surface area contributed by atoms with Crippen LogP contribution in [0.5, 0.6) is 0 Å². The molecular formula is C51H78N10O15S3. The summed E-state index contributed by atoms with van der Waals surface area (Å²) in [7, 11) is -11.7. The number of carbonyl (C=O) groups excluding carboxylic acids is 6. The van der Waals surface area contributed by atoms with Crippen molar-refractivity contribution in [3.63, 3.8) is 0 Å². The highest BCUT2D eigenvalue weighted by atomic mass is 32.2. The molecule has 0 aliphatic rings. The molecule has 3 aromatic rings. The molecule has 0 unspecified atom stereocenters. The van der Waals surface area contributed by atoms with Gasteiger partial charge in [-0.05, 0) is 130 Å². The van der Waals surface area contributed by atoms with Crippen molar-refractivity contribution in [2.24, 2.45) is 20.8 Å². The highest BCUT2D eigenvalue weighted by Crippen LogP contribution is 2.22. The first-order valence-corrected chi connectivity index (χ1v) is 30.3. The molecule has 0 saturated heterocycles. The quantitative estimate of drug-likeness (QED) is 0.0349. The Hall–Kier alpha value is -5.95. The fraction of sp³-hybridized carbons (Fsp3) is 0.529. The van der Waals surface area contributed by atoms with Gasteiger partial charge >= 0.3 is 0 Å². The molecule has 0 radical (unpaired) electrons. The van der Waals surface area contributed by atoms with Gasteiger partial charge in [0.05, 0.1) is 47.7 Å². The second-order valence-electron chi connectivity index (χ2n) is 19.7. The Kier molecular flexibility index (Phi) is 28.6. The average Bonchev–Trinajstić information content (AvgIpc) is 3.39. The Morgan fingerprint density at radius 1 is 0.418 bits per heavy atom. The van der Waals surface area contributed by atoms with Crippen molar-refractivity contribution in [1.82, 2.24) is 37.2 Å². The SMILES string of the molecule is CC(C)(C)CCCC(=O)NC(COCCCNCCCNC(=O)c1ccc(S(N)(=O)=O)cc1)(COCCC(=O)NCCCNC(=O)c1ccc(S(N)(=O)=O)cc1)COCCC(=O)NCCCNC(=O)c1ccc(S(N)(=O)=O)cc1. The summed E-state index contributed by atoms with van der Waals surface area (Å²) in [4.78, 5) is 76.3. The number of benzene rings is 3. The van der Waals surface area contributed by atoms with Gasteiger partial charge in [-0.2, -0.15) is 0 Å². The third kappa shape index (κ3) is 28.2. The number of hydrogen-bond acceptors (Lipinski definition) is 16. The monoisotopic (exact) mass is 1170 g/mol. The number of carbonyl (C=O) groups is 6. The van der Waals surface area contributed by atoms with E-state index in [-0.39, 0.29) is 146 Å². The number of nitrogens with two attached hydrogens (primary N) is 3. The second-order valence-corrected chi connectivity index (χ2v) is 24.4. The molecule has 0 spiro atoms. The van der Waals surface area contributed by atoms with Gasteiger partial charge in [0.1, 0.15) is 5.54 Å². The van der Waals surface area contributed by atoms with E-state index in [1.54, 1.807) is 0 Å². The molecule has 0 aliphatic heterocycles. The van der Waals surface area contributed by atoms with Crippen LogP contribution in [0.3, 0.4) is 0 Å². The molecule has 13 N–H and O–H groups in total. The van der Waals surface area contributed by atoms with E-state index >= 15 is 0 Å². The van der Waals surface area contributed by atoms with Crippen molar-refractivity contribution in [3.8, 4) is 0 Å². The van der Waals surface area contributed by atoms with Gasteiger partial charge in [-0.1, -0.05) is 20.8 Å². The zero-order valence-electron chi connectivity index (χ0n) is 45.1. The van der Waals surface area contributed by atoms with Crippen molar-refractivity contribution in [2.75, 3.05) is 85.5 Å². The molecule has 440 valence electrons. The molecule has 25 nitrogen and oxygen atoms in total. The Morgan fingerprint density at radius 2 is 0.747 bits per heavy atom. The van der Waals surface area contributed by atoms with Gasteiger partial charge in [-0.3, -0.25) is 28.8 Å². The van der Waals surface area contributed by atoms with Gasteiger partial charge in [0, 0.05) is 75.3 Å². The minimum atomic E-state index is -3.91. The van der Waals surface area contributed by atoms with Crippen molar-refractivity contribution in [2.45, 2.75) is 98.8 Å². The third-order valence-electron chi connectivity index (χ3n) is 11.5. The van der Waals surface area contributed by atoms with Crippen LogP contribution in [0, 0.1) is 5.41 Å². The summed E-state index contributed by atoms with van der Waals surface area (Å²) >= 11 is 0. The van der Waals surface area contributed by atoms with Crippen molar-refractivity contribution >= 4 is 65.5 Å². The molecule has 0 heterocycles. The number of nitrogens with one attached hydrogen (secondary N) is 7. The summed E-state index contributed by atoms with van der Waals surface area (Å²) in [5, 5.41) is 35.5. The first-order chi connectivity index (χ1) is 37.2. The molecule has 6 amide bonds. The van der Waals surface area contributed by atoms with E-state index in [0.717, 1.165) is 6.42 Å². The standard InChI is InChI=1S/C51H78N10O15S3/c1-50(2,3)24-4-9-46(64)61-51(35-74-32-8-26-55-25-5-29-58-47(65)38-10-16-41(17-11-38)77(52,68)69,36-75-33-22-44(62)56-27-6-30-59-48(66)39-12-18-42(19-13-39)78(53,70)71)37-76-34-23-45(63)57-28-7-31-60-49(67)40-14-20-43(21-15-40)79(54,72)73/h10-21,55H,4-9,22-37H2,1-3H3,(H,56,62)(H,57,63)(H,58,65)(H,59,66)(H,60,67)(H,61,64)(H2,52,68,69)(H2,53,70,71)(H2,54,72,73). The smallest absolute Gasteiger partial charge is 0.251 e. The lowest BCUT2D eigenvalue weighted by Gasteiger charge is -2.34. The number of hydrogen-bond donors (Lipinski definition) is 10. The van der Waals surface area contributed by atoms with Crippen LogP contribution in [0.15, 0.2) is 87.5 Å². The molecule has 0 fully saturated rings. The summed E-state index contributed by atoms with van der Waals surface area (Å²) < 4.78 is 87.3. The van der Waals surface area contributed by atoms with Crippen LogP contribution >= 0.6 is 0 Å². The molecule has 3 aromatic carbocycles. The van der Waals surface area contributed by atoms with Crippen LogP contribution in [-0.4, -0.2) is 152 Å². The van der Waals surface area contributed by atoms with Crippen molar-refractivity contribution in [3.05, 3.63) is 89.5 Å². The van der Waals surface area contributed by atoms with Crippen molar-refractivity contribution < 1.29 is 68.2 Å². The van der Waals surface area contributed by atoms with Gasteiger partial charge in [0.15, 0.2) is 0 Å². The minimum absolute atomic E-state index is 0.0106. The predicted molar refractivity (Wildman–Crippen MR) is 294 cm³/mol. The second kappa shape index (κ2) is 33.6. The van der Waals surface area contributed by atoms with E-state index < -0.39 is 47.4 Å². The molecular weight excluding hydrogens is 1090 g/mol. The van der Waals surface area contributed by atoms with E-state index in [9.17, 15) is 54.0 Å². The van der Waals surface area contributed by atoms with Gasteiger partial charge in [-0.25, -0.2) is 40.7 Å². The number of primary sulfonamides is 3. The van der Waals surface area contributed by atoms with Crippen LogP contribution in [0.25, 0.3) is 0 Å². The number of amides is 6. The van der Waals surface area contributed by atoms with E-state index in [0.29, 0.717) is 51.7 Å². The Balaban J connectivity index is 1.54. The highest BCUT2D eigenvalue weighted by Gasteiger charge is 2.34. The summed E-state index contributed by atoms with van der Waals surface area (Å²) in [6.45, 7) is 8.52. The topological polar surface area (TPSA) is 395 Å². The van der Waals surface area contributed by atoms with E-state index in [2.05, 4.69) is 58.0 Å². The van der Waals surface area contributed by atoms with E-state index in [4.69, 9.17) is 29.6 Å². The maximum Gasteiger partial charge on any atom is 0.251 e. The lowest BCUT2D eigenvalue weighted by Crippen LogP contribution is -2.58. The molecule has 0 atom stereocenters. The molecule has 0 bridgehead atoms. The third-order valence-corrected chi connectivity index (χ3v) is 14.3. The average molecular weight is 1170 g/mol. The maximum atomic E-state index is 13.6. The highest BCUT2D eigenvalue weighted by molar-refractivity contribution is 7.89. The molecule has 3 rings (SSSR count). The van der Waals surface area contributed by atoms with Gasteiger partial charge < -0.3 is 51.4 Å². The number of ether oxygens (including phenoxy) is 3. The minimum Gasteiger partial charge on any atom is -0.379 e. The Bertz CT molecular complexity index is 2660. The summed E-state index contributed by atoms with van der Waals surface area (Å²) in [5.74, 6) is -2.15. The lowest BCUT2D eigenvalue weighted by molar-refractivity contribution is -0.130. The first-order valence-electron chi connectivity index (χ1n) is 25.7. The van der Waals surface area contributed by atoms with Crippen LogP contribution in [0.2, 0.25) is 0 Å². The van der Waals surface area contributed by atoms with Crippen molar-refractivity contribution in [1.29, 1.82) is 0 Å². The van der Waals surface area contributed by atoms with Gasteiger partial charge in [-0.15, -0.1) is 0 Å². The fourth-order valence-electron chi connectivity index (χ4n) is 7.25. The molecule has 79 heavy (non-hydrogen) atoms. The Labute approximate surface area is 463 Å². The number of rotatable bonds is 38. The van der Waals surface area contributed by atoms with E-state index in [1.165, 1.54) is 72.8 Å². The summed E-state index contributed by atoms with van der Waals surface area (Å²) in [6.07, 6.45) is 3.46. The maximum absolute atomic E-state index is 13.6. The van der Waals surface area contributed by atoms with Gasteiger partial charge in [0.2, 0.25) is 47.8 Å². The molecule has 0 aliphatic carbocycles. The fourth-order valence-corrected chi connectivity index (χ4v) is 8.80. The summed E-state index contributed by atoms with van der Waals surface area (Å²) in [6, 6.07) is 15.6. The largest absolute Gasteiger partial charge is 0.379 e.